The van der Waals surface area contributed by atoms with E-state index in [9.17, 15) is 14.2 Å². The summed E-state index contributed by atoms with van der Waals surface area (Å²) in [5, 5.41) is 0. The summed E-state index contributed by atoms with van der Waals surface area (Å²) in [7, 11) is -4.77. The average Bonchev–Trinajstić information content (AvgIpc) is 3.11. The van der Waals surface area contributed by atoms with E-state index in [2.05, 4.69) is 85.2 Å². The van der Waals surface area contributed by atoms with Gasteiger partial charge in [0.25, 0.3) is 0 Å². The Morgan fingerprint density at radius 2 is 0.885 bits per heavy atom. The van der Waals surface area contributed by atoms with Crippen molar-refractivity contribution in [3.05, 3.63) is 72.9 Å². The van der Waals surface area contributed by atoms with Crippen LogP contribution in [0.2, 0.25) is 0 Å². The van der Waals surface area contributed by atoms with E-state index in [-0.39, 0.29) is 19.4 Å². The number of carbonyl (C=O) groups excluding carboxylic acids is 2. The number of phosphoric acid groups is 1. The Hall–Kier alpha value is -2.51. The molecule has 2 N–H and O–H groups in total. The van der Waals surface area contributed by atoms with Gasteiger partial charge in [0.1, 0.15) is 6.61 Å². The van der Waals surface area contributed by atoms with E-state index in [1.165, 1.54) is 70.6 Å². The molecule has 0 saturated heterocycles. The van der Waals surface area contributed by atoms with Gasteiger partial charge in [0, 0.05) is 12.8 Å². The number of carbonyl (C=O) groups is 2. The molecule has 0 aromatic rings. The van der Waals surface area contributed by atoms with Gasteiger partial charge in [-0.25, -0.2) is 4.57 Å². The summed E-state index contributed by atoms with van der Waals surface area (Å²) in [6.45, 7) is 3.57. The smallest absolute Gasteiger partial charge is 0.462 e. The van der Waals surface area contributed by atoms with Gasteiger partial charge in [-0.05, 0) is 83.5 Å². The molecule has 0 aliphatic rings. The zero-order valence-corrected chi connectivity index (χ0v) is 33.6. The Morgan fingerprint density at radius 1 is 0.500 bits per heavy atom. The van der Waals surface area contributed by atoms with Crippen LogP contribution in [-0.4, -0.2) is 41.0 Å². The maximum Gasteiger partial charge on any atom is 0.469 e. The van der Waals surface area contributed by atoms with E-state index in [0.29, 0.717) is 19.3 Å². The number of ether oxygens (including phenoxy) is 2. The zero-order valence-electron chi connectivity index (χ0n) is 32.7. The van der Waals surface area contributed by atoms with Crippen LogP contribution in [0.3, 0.4) is 0 Å². The van der Waals surface area contributed by atoms with Crippen LogP contribution in [0.5, 0.6) is 0 Å². The second kappa shape index (κ2) is 38.2. The summed E-state index contributed by atoms with van der Waals surface area (Å²) in [5.41, 5.74) is 0. The second-order valence-corrected chi connectivity index (χ2v) is 14.5. The van der Waals surface area contributed by atoms with Crippen molar-refractivity contribution in [2.75, 3.05) is 13.2 Å². The van der Waals surface area contributed by atoms with Gasteiger partial charge in [-0.15, -0.1) is 0 Å². The molecule has 298 valence electrons. The largest absolute Gasteiger partial charge is 0.469 e. The van der Waals surface area contributed by atoms with Crippen LogP contribution in [0.1, 0.15) is 168 Å². The third-order valence-electron chi connectivity index (χ3n) is 8.20. The molecule has 0 aromatic heterocycles. The first-order valence-corrected chi connectivity index (χ1v) is 21.8. The van der Waals surface area contributed by atoms with Gasteiger partial charge in [0.2, 0.25) is 0 Å². The molecular weight excluding hydrogens is 675 g/mol. The lowest BCUT2D eigenvalue weighted by Gasteiger charge is -2.18. The molecule has 0 aliphatic carbocycles. The second-order valence-electron chi connectivity index (χ2n) is 13.2. The third kappa shape index (κ3) is 40.3. The fourth-order valence-corrected chi connectivity index (χ4v) is 5.52. The van der Waals surface area contributed by atoms with E-state index in [1.54, 1.807) is 0 Å². The summed E-state index contributed by atoms with van der Waals surface area (Å²) in [4.78, 5) is 42.8. The van der Waals surface area contributed by atoms with Crippen molar-refractivity contribution in [3.8, 4) is 0 Å². The molecule has 52 heavy (non-hydrogen) atoms. The molecule has 0 aromatic carbocycles. The van der Waals surface area contributed by atoms with Crippen molar-refractivity contribution in [2.24, 2.45) is 0 Å². The highest BCUT2D eigenvalue weighted by molar-refractivity contribution is 7.46. The minimum absolute atomic E-state index is 0.131. The summed E-state index contributed by atoms with van der Waals surface area (Å²) >= 11 is 0. The van der Waals surface area contributed by atoms with Gasteiger partial charge in [0.05, 0.1) is 6.61 Å². The van der Waals surface area contributed by atoms with E-state index >= 15 is 0 Å². The first-order chi connectivity index (χ1) is 25.3. The highest BCUT2D eigenvalue weighted by Crippen LogP contribution is 2.36. The summed E-state index contributed by atoms with van der Waals surface area (Å²) in [6, 6.07) is 0. The molecule has 0 radical (unpaired) electrons. The maximum atomic E-state index is 12.4. The Bertz CT molecular complexity index is 1070. The first-order valence-electron chi connectivity index (χ1n) is 20.2. The minimum Gasteiger partial charge on any atom is -0.462 e. The molecule has 0 unspecified atom stereocenters. The topological polar surface area (TPSA) is 119 Å². The normalized spacial score (nSPS) is 13.2. The summed E-state index contributed by atoms with van der Waals surface area (Å²) in [6.07, 6.45) is 49.1. The van der Waals surface area contributed by atoms with Crippen molar-refractivity contribution in [1.29, 1.82) is 0 Å². The van der Waals surface area contributed by atoms with Crippen molar-refractivity contribution in [3.63, 3.8) is 0 Å². The lowest BCUT2D eigenvalue weighted by Crippen LogP contribution is -2.29. The molecule has 0 fully saturated rings. The lowest BCUT2D eigenvalue weighted by atomic mass is 10.1. The number of allylic oxidation sites excluding steroid dienone is 12. The van der Waals surface area contributed by atoms with Gasteiger partial charge in [-0.1, -0.05) is 145 Å². The molecule has 0 heterocycles. The van der Waals surface area contributed by atoms with Crippen molar-refractivity contribution in [2.45, 2.75) is 174 Å². The van der Waals surface area contributed by atoms with Crippen molar-refractivity contribution >= 4 is 19.8 Å². The van der Waals surface area contributed by atoms with E-state index in [0.717, 1.165) is 51.4 Å². The monoisotopic (exact) mass is 749 g/mol. The molecule has 0 saturated carbocycles. The molecule has 0 spiro atoms. The first kappa shape index (κ1) is 49.5. The van der Waals surface area contributed by atoms with E-state index < -0.39 is 32.5 Å². The number of esters is 2. The molecule has 8 nitrogen and oxygen atoms in total. The van der Waals surface area contributed by atoms with Crippen LogP contribution in [-0.2, 0) is 28.2 Å². The molecular formula is C43H73O8P. The van der Waals surface area contributed by atoms with Gasteiger partial charge in [-0.2, -0.15) is 0 Å². The fraction of sp³-hybridized carbons (Fsp3) is 0.674. The minimum atomic E-state index is -4.77. The SMILES string of the molecule is CCCCC/C=C\C/C=C\C/C=C\C/C=C\CCCC(=O)O[C@H](COC(=O)CCCCCCCCC/C=C\C/C=C\CCCCC)COP(=O)(O)O. The van der Waals surface area contributed by atoms with Gasteiger partial charge in [0.15, 0.2) is 6.10 Å². The predicted molar refractivity (Wildman–Crippen MR) is 216 cm³/mol. The third-order valence-corrected chi connectivity index (χ3v) is 8.68. The number of hydrogen-bond acceptors (Lipinski definition) is 6. The Balaban J connectivity index is 4.06. The van der Waals surface area contributed by atoms with Crippen molar-refractivity contribution < 1.29 is 37.9 Å². The van der Waals surface area contributed by atoms with Gasteiger partial charge < -0.3 is 19.3 Å². The highest BCUT2D eigenvalue weighted by atomic mass is 31.2. The van der Waals surface area contributed by atoms with Crippen LogP contribution in [0.15, 0.2) is 72.9 Å². The lowest BCUT2D eigenvalue weighted by molar-refractivity contribution is -0.161. The average molecular weight is 749 g/mol. The van der Waals surface area contributed by atoms with Crippen LogP contribution in [0.25, 0.3) is 0 Å². The van der Waals surface area contributed by atoms with E-state index in [4.69, 9.17) is 19.3 Å². The fourth-order valence-electron chi connectivity index (χ4n) is 5.16. The zero-order chi connectivity index (χ0) is 38.2. The molecule has 0 bridgehead atoms. The number of unbranched alkanes of at least 4 members (excludes halogenated alkanes) is 14. The molecule has 0 amide bonds. The van der Waals surface area contributed by atoms with Gasteiger partial charge in [-0.3, -0.25) is 14.1 Å². The summed E-state index contributed by atoms with van der Waals surface area (Å²) in [5.74, 6) is -0.965. The molecule has 1 atom stereocenters. The Kier molecular flexibility index (Phi) is 36.4. The highest BCUT2D eigenvalue weighted by Gasteiger charge is 2.22. The van der Waals surface area contributed by atoms with Crippen LogP contribution < -0.4 is 0 Å². The molecule has 9 heteroatoms. The number of hydrogen-bond donors (Lipinski definition) is 2. The molecule has 0 aliphatic heterocycles. The predicted octanol–water partition coefficient (Wildman–Crippen LogP) is 12.3. The Morgan fingerprint density at radius 3 is 1.35 bits per heavy atom. The van der Waals surface area contributed by atoms with Crippen LogP contribution in [0.4, 0.5) is 0 Å². The summed E-state index contributed by atoms with van der Waals surface area (Å²) < 4.78 is 26.3. The maximum absolute atomic E-state index is 12.4. The van der Waals surface area contributed by atoms with Crippen LogP contribution >= 0.6 is 7.82 Å². The quantitative estimate of drug-likeness (QED) is 0.0281. The number of rotatable bonds is 36. The Labute approximate surface area is 317 Å². The van der Waals surface area contributed by atoms with E-state index in [1.807, 2.05) is 6.08 Å². The standard InChI is InChI=1S/C43H73O8P/c1-3-5-7-9-11-13-15-17-19-21-23-25-27-29-31-33-35-37-42(44)49-39-41(40-50-52(46,47)48)51-43(45)38-36-34-32-30-28-26-24-22-20-18-16-14-12-10-8-6-4-2/h11-14,17-20,24,26,30,32,41H,3-10,15-16,21-23,25,27-29,31,33-40H2,1-2H3,(H2,46,47,48)/b13-11-,14-12-,19-17-,20-18-,26-24-,32-30-/t41-/m1/s1. The number of phosphoric ester groups is 1. The van der Waals surface area contributed by atoms with Crippen LogP contribution in [0, 0.1) is 0 Å². The van der Waals surface area contributed by atoms with Gasteiger partial charge >= 0.3 is 19.8 Å². The molecule has 0 rings (SSSR count). The van der Waals surface area contributed by atoms with Crippen molar-refractivity contribution in [1.82, 2.24) is 0 Å².